The lowest BCUT2D eigenvalue weighted by molar-refractivity contribution is -0.140. The second-order valence-corrected chi connectivity index (χ2v) is 4.22. The van der Waals surface area contributed by atoms with Crippen LogP contribution in [0.4, 0.5) is 0 Å². The molecule has 0 aliphatic carbocycles. The van der Waals surface area contributed by atoms with Crippen molar-refractivity contribution in [2.45, 2.75) is 18.9 Å². The highest BCUT2D eigenvalue weighted by Gasteiger charge is 2.21. The lowest BCUT2D eigenvalue weighted by atomic mass is 10.1. The number of aliphatic carboxylic acids is 2. The van der Waals surface area contributed by atoms with E-state index in [-0.39, 0.29) is 12.8 Å². The molecule has 5 N–H and O–H groups in total. The van der Waals surface area contributed by atoms with Crippen LogP contribution in [0.2, 0.25) is 0 Å². The van der Waals surface area contributed by atoms with Gasteiger partial charge in [-0.2, -0.15) is 0 Å². The van der Waals surface area contributed by atoms with Gasteiger partial charge < -0.3 is 21.3 Å². The molecule has 0 aliphatic heterocycles. The standard InChI is InChI=1S/C10H11NO5S.CH5N/c12-8(13)4-3-6(10(15)16)11-9(14)7-2-1-5-17-7;1-2/h1-2,5-6H,3-4H2,(H,11,14)(H,12,13)(H,15,16);2H2,1H3/t6-;/m0./s1. The largest absolute Gasteiger partial charge is 0.481 e. The van der Waals surface area contributed by atoms with Crippen molar-refractivity contribution in [1.29, 1.82) is 0 Å². The number of hydrogen-bond acceptors (Lipinski definition) is 5. The van der Waals surface area contributed by atoms with Crippen LogP contribution >= 0.6 is 11.3 Å². The zero-order valence-corrected chi connectivity index (χ0v) is 11.1. The van der Waals surface area contributed by atoms with E-state index >= 15 is 0 Å². The van der Waals surface area contributed by atoms with E-state index in [9.17, 15) is 14.4 Å². The molecular formula is C11H16N2O5S. The summed E-state index contributed by atoms with van der Waals surface area (Å²) in [6.07, 6.45) is -0.441. The zero-order chi connectivity index (χ0) is 14.8. The monoisotopic (exact) mass is 288 g/mol. The lowest BCUT2D eigenvalue weighted by Gasteiger charge is -2.12. The van der Waals surface area contributed by atoms with Gasteiger partial charge >= 0.3 is 11.9 Å². The minimum Gasteiger partial charge on any atom is -0.481 e. The molecule has 1 rings (SSSR count). The number of thiophene rings is 1. The summed E-state index contributed by atoms with van der Waals surface area (Å²) in [6.45, 7) is 0. The molecule has 0 unspecified atom stereocenters. The molecule has 19 heavy (non-hydrogen) atoms. The van der Waals surface area contributed by atoms with E-state index in [1.54, 1.807) is 17.5 Å². The highest BCUT2D eigenvalue weighted by atomic mass is 32.1. The molecule has 0 aliphatic rings. The Balaban J connectivity index is 0.00000154. The number of carbonyl (C=O) groups is 3. The Bertz CT molecular complexity index is 419. The van der Waals surface area contributed by atoms with Gasteiger partial charge in [0, 0.05) is 6.42 Å². The van der Waals surface area contributed by atoms with Gasteiger partial charge in [0.05, 0.1) is 4.88 Å². The second-order valence-electron chi connectivity index (χ2n) is 3.27. The third-order valence-corrected chi connectivity index (χ3v) is 2.86. The summed E-state index contributed by atoms with van der Waals surface area (Å²) >= 11 is 1.19. The third kappa shape index (κ3) is 6.53. The van der Waals surface area contributed by atoms with Crippen molar-refractivity contribution in [3.05, 3.63) is 22.4 Å². The van der Waals surface area contributed by atoms with Crippen LogP contribution in [0.3, 0.4) is 0 Å². The van der Waals surface area contributed by atoms with Crippen molar-refractivity contribution in [2.24, 2.45) is 5.73 Å². The molecule has 0 fully saturated rings. The van der Waals surface area contributed by atoms with Crippen LogP contribution in [0.25, 0.3) is 0 Å². The average molecular weight is 288 g/mol. The Morgan fingerprint density at radius 1 is 1.37 bits per heavy atom. The molecule has 8 heteroatoms. The Kier molecular flexibility index (Phi) is 8.14. The van der Waals surface area contributed by atoms with Gasteiger partial charge in [-0.1, -0.05) is 6.07 Å². The fourth-order valence-electron chi connectivity index (χ4n) is 1.16. The number of nitrogens with one attached hydrogen (secondary N) is 1. The van der Waals surface area contributed by atoms with Crippen LogP contribution in [-0.2, 0) is 9.59 Å². The van der Waals surface area contributed by atoms with Crippen LogP contribution in [0.5, 0.6) is 0 Å². The average Bonchev–Trinajstić information content (AvgIpc) is 2.90. The first-order chi connectivity index (χ1) is 9.00. The van der Waals surface area contributed by atoms with Gasteiger partial charge in [-0.3, -0.25) is 9.59 Å². The molecule has 1 heterocycles. The number of carbonyl (C=O) groups excluding carboxylic acids is 1. The first kappa shape index (κ1) is 17.1. The first-order valence-corrected chi connectivity index (χ1v) is 6.25. The fourth-order valence-corrected chi connectivity index (χ4v) is 1.79. The molecule has 1 aromatic heterocycles. The predicted molar refractivity (Wildman–Crippen MR) is 70.2 cm³/mol. The second kappa shape index (κ2) is 9.06. The normalized spacial score (nSPS) is 10.8. The molecule has 0 radical (unpaired) electrons. The Labute approximate surface area is 114 Å². The summed E-state index contributed by atoms with van der Waals surface area (Å²) in [6, 6.07) is 2.06. The van der Waals surface area contributed by atoms with Crippen molar-refractivity contribution in [3.8, 4) is 0 Å². The molecule has 7 nitrogen and oxygen atoms in total. The van der Waals surface area contributed by atoms with Gasteiger partial charge in [0.15, 0.2) is 0 Å². The quantitative estimate of drug-likeness (QED) is 0.598. The van der Waals surface area contributed by atoms with Gasteiger partial charge in [0.25, 0.3) is 5.91 Å². The third-order valence-electron chi connectivity index (χ3n) is 2.00. The van der Waals surface area contributed by atoms with E-state index in [1.807, 2.05) is 0 Å². The number of carboxylic acid groups (broad SMARTS) is 2. The van der Waals surface area contributed by atoms with Gasteiger partial charge in [0.2, 0.25) is 0 Å². The van der Waals surface area contributed by atoms with Gasteiger partial charge in [-0.15, -0.1) is 11.3 Å². The van der Waals surface area contributed by atoms with E-state index in [4.69, 9.17) is 10.2 Å². The summed E-state index contributed by atoms with van der Waals surface area (Å²) < 4.78 is 0. The molecule has 0 spiro atoms. The van der Waals surface area contributed by atoms with Crippen LogP contribution in [-0.4, -0.2) is 41.1 Å². The number of nitrogens with two attached hydrogens (primary N) is 1. The maximum atomic E-state index is 11.6. The predicted octanol–water partition coefficient (Wildman–Crippen LogP) is 0.371. The lowest BCUT2D eigenvalue weighted by Crippen LogP contribution is -2.40. The maximum Gasteiger partial charge on any atom is 0.326 e. The Hall–Kier alpha value is -1.93. The first-order valence-electron chi connectivity index (χ1n) is 5.37. The van der Waals surface area contributed by atoms with Crippen molar-refractivity contribution in [3.63, 3.8) is 0 Å². The zero-order valence-electron chi connectivity index (χ0n) is 10.3. The molecular weight excluding hydrogens is 272 g/mol. The molecule has 0 saturated heterocycles. The van der Waals surface area contributed by atoms with Crippen LogP contribution < -0.4 is 11.1 Å². The molecule has 106 valence electrons. The summed E-state index contributed by atoms with van der Waals surface area (Å²) in [5.74, 6) is -2.84. The van der Waals surface area contributed by atoms with Crippen molar-refractivity contribution in [2.75, 3.05) is 7.05 Å². The fraction of sp³-hybridized carbons (Fsp3) is 0.364. The summed E-state index contributed by atoms with van der Waals surface area (Å²) in [7, 11) is 1.50. The summed E-state index contributed by atoms with van der Waals surface area (Å²) in [4.78, 5) is 33.1. The van der Waals surface area contributed by atoms with E-state index in [0.29, 0.717) is 4.88 Å². The molecule has 1 aromatic rings. The van der Waals surface area contributed by atoms with Crippen molar-refractivity contribution in [1.82, 2.24) is 5.32 Å². The van der Waals surface area contributed by atoms with Crippen molar-refractivity contribution >= 4 is 29.2 Å². The smallest absolute Gasteiger partial charge is 0.326 e. The molecule has 1 atom stereocenters. The van der Waals surface area contributed by atoms with Crippen LogP contribution in [0.15, 0.2) is 17.5 Å². The Morgan fingerprint density at radius 2 is 2.00 bits per heavy atom. The van der Waals surface area contributed by atoms with Crippen molar-refractivity contribution < 1.29 is 24.6 Å². The van der Waals surface area contributed by atoms with Gasteiger partial charge in [0.1, 0.15) is 6.04 Å². The van der Waals surface area contributed by atoms with Gasteiger partial charge in [-0.25, -0.2) is 4.79 Å². The van der Waals surface area contributed by atoms with E-state index < -0.39 is 23.9 Å². The van der Waals surface area contributed by atoms with Crippen LogP contribution in [0, 0.1) is 0 Å². The molecule has 0 bridgehead atoms. The SMILES string of the molecule is CN.O=C(O)CC[C@H](NC(=O)c1cccs1)C(=O)O. The highest BCUT2D eigenvalue weighted by Crippen LogP contribution is 2.09. The summed E-state index contributed by atoms with van der Waals surface area (Å²) in [5.41, 5.74) is 4.50. The van der Waals surface area contributed by atoms with Crippen LogP contribution in [0.1, 0.15) is 22.5 Å². The van der Waals surface area contributed by atoms with E-state index in [0.717, 1.165) is 0 Å². The highest BCUT2D eigenvalue weighted by molar-refractivity contribution is 7.12. The van der Waals surface area contributed by atoms with E-state index in [1.165, 1.54) is 18.4 Å². The summed E-state index contributed by atoms with van der Waals surface area (Å²) in [5, 5.41) is 21.3. The number of hydrogen-bond donors (Lipinski definition) is 4. The minimum absolute atomic E-state index is 0.137. The topological polar surface area (TPSA) is 130 Å². The van der Waals surface area contributed by atoms with Gasteiger partial charge in [-0.05, 0) is 24.9 Å². The molecule has 1 amide bonds. The number of rotatable bonds is 6. The molecule has 0 saturated carbocycles. The number of carboxylic acids is 2. The number of amides is 1. The minimum atomic E-state index is -1.24. The Morgan fingerprint density at radius 3 is 2.42 bits per heavy atom. The van der Waals surface area contributed by atoms with E-state index in [2.05, 4.69) is 11.1 Å². The maximum absolute atomic E-state index is 11.6. The molecule has 0 aromatic carbocycles.